The SMILES string of the molecule is OCC(NCC(F)(F)F)c1csc2ccccc12. The van der Waals surface area contributed by atoms with Crippen LogP contribution in [-0.4, -0.2) is 24.4 Å². The highest BCUT2D eigenvalue weighted by atomic mass is 32.1. The van der Waals surface area contributed by atoms with Gasteiger partial charge in [-0.3, -0.25) is 5.32 Å². The number of benzene rings is 1. The Morgan fingerprint density at radius 1 is 1.28 bits per heavy atom. The molecule has 1 heterocycles. The molecule has 2 N–H and O–H groups in total. The third-order valence-corrected chi connectivity index (χ3v) is 3.60. The fraction of sp³-hybridized carbons (Fsp3) is 0.333. The van der Waals surface area contributed by atoms with Gasteiger partial charge in [-0.1, -0.05) is 18.2 Å². The van der Waals surface area contributed by atoms with Crippen molar-refractivity contribution in [2.75, 3.05) is 13.2 Å². The zero-order valence-corrected chi connectivity index (χ0v) is 10.2. The molecule has 0 aliphatic carbocycles. The number of hydrogen-bond acceptors (Lipinski definition) is 3. The summed E-state index contributed by atoms with van der Waals surface area (Å²) in [6, 6.07) is 6.76. The smallest absolute Gasteiger partial charge is 0.394 e. The van der Waals surface area contributed by atoms with Crippen molar-refractivity contribution >= 4 is 21.4 Å². The molecule has 1 aromatic carbocycles. The van der Waals surface area contributed by atoms with Gasteiger partial charge in [-0.05, 0) is 22.4 Å². The summed E-state index contributed by atoms with van der Waals surface area (Å²) in [7, 11) is 0. The maximum absolute atomic E-state index is 12.2. The van der Waals surface area contributed by atoms with Gasteiger partial charge in [0.2, 0.25) is 0 Å². The molecule has 2 nitrogen and oxygen atoms in total. The summed E-state index contributed by atoms with van der Waals surface area (Å²) in [5.41, 5.74) is 0.711. The van der Waals surface area contributed by atoms with E-state index in [0.29, 0.717) is 5.56 Å². The highest BCUT2D eigenvalue weighted by Crippen LogP contribution is 2.30. The summed E-state index contributed by atoms with van der Waals surface area (Å²) >= 11 is 1.46. The molecule has 0 bridgehead atoms. The van der Waals surface area contributed by atoms with Crippen molar-refractivity contribution in [2.45, 2.75) is 12.2 Å². The van der Waals surface area contributed by atoms with Crippen LogP contribution in [0.5, 0.6) is 0 Å². The molecule has 2 aromatic rings. The minimum Gasteiger partial charge on any atom is -0.394 e. The Balaban J connectivity index is 2.22. The largest absolute Gasteiger partial charge is 0.401 e. The molecule has 0 saturated heterocycles. The number of rotatable bonds is 4. The molecule has 0 spiro atoms. The third kappa shape index (κ3) is 3.01. The quantitative estimate of drug-likeness (QED) is 0.898. The topological polar surface area (TPSA) is 32.3 Å². The molecule has 1 aromatic heterocycles. The van der Waals surface area contributed by atoms with Crippen LogP contribution >= 0.6 is 11.3 Å². The zero-order valence-electron chi connectivity index (χ0n) is 9.37. The second-order valence-electron chi connectivity index (χ2n) is 3.92. The van der Waals surface area contributed by atoms with Gasteiger partial charge in [0.05, 0.1) is 19.2 Å². The predicted molar refractivity (Wildman–Crippen MR) is 65.7 cm³/mol. The summed E-state index contributed by atoms with van der Waals surface area (Å²) < 4.78 is 37.5. The van der Waals surface area contributed by atoms with Crippen LogP contribution in [0.4, 0.5) is 13.2 Å². The van der Waals surface area contributed by atoms with Crippen molar-refractivity contribution in [1.82, 2.24) is 5.32 Å². The van der Waals surface area contributed by atoms with Crippen molar-refractivity contribution in [3.63, 3.8) is 0 Å². The Hall–Kier alpha value is -1.11. The van der Waals surface area contributed by atoms with E-state index >= 15 is 0 Å². The van der Waals surface area contributed by atoms with E-state index in [1.165, 1.54) is 11.3 Å². The molecule has 0 aliphatic rings. The van der Waals surface area contributed by atoms with Gasteiger partial charge in [0.1, 0.15) is 0 Å². The van der Waals surface area contributed by atoms with Crippen molar-refractivity contribution in [3.8, 4) is 0 Å². The van der Waals surface area contributed by atoms with Gasteiger partial charge >= 0.3 is 6.18 Å². The number of halogens is 3. The van der Waals surface area contributed by atoms with Crippen LogP contribution in [0.2, 0.25) is 0 Å². The molecule has 6 heteroatoms. The molecule has 0 radical (unpaired) electrons. The monoisotopic (exact) mass is 275 g/mol. The lowest BCUT2D eigenvalue weighted by atomic mass is 10.1. The fourth-order valence-corrected chi connectivity index (χ4v) is 2.80. The summed E-state index contributed by atoms with van der Waals surface area (Å²) in [6.45, 7) is -1.47. The van der Waals surface area contributed by atoms with E-state index in [1.54, 1.807) is 5.38 Å². The zero-order chi connectivity index (χ0) is 13.2. The molecule has 0 saturated carbocycles. The van der Waals surface area contributed by atoms with E-state index in [0.717, 1.165) is 10.1 Å². The number of hydrogen-bond donors (Lipinski definition) is 2. The molecule has 18 heavy (non-hydrogen) atoms. The Bertz CT molecular complexity index is 523. The third-order valence-electron chi connectivity index (χ3n) is 2.62. The van der Waals surface area contributed by atoms with E-state index in [-0.39, 0.29) is 6.61 Å². The standard InChI is InChI=1S/C12H12F3NOS/c13-12(14,15)7-16-10(5-17)9-6-18-11-4-2-1-3-8(9)11/h1-4,6,10,16-17H,5,7H2. The predicted octanol–water partition coefficient (Wildman–Crippen LogP) is 3.09. The second-order valence-corrected chi connectivity index (χ2v) is 4.83. The average molecular weight is 275 g/mol. The number of aliphatic hydroxyl groups is 1. The minimum absolute atomic E-state index is 0.364. The van der Waals surface area contributed by atoms with Crippen LogP contribution < -0.4 is 5.32 Å². The highest BCUT2D eigenvalue weighted by Gasteiger charge is 2.28. The lowest BCUT2D eigenvalue weighted by Gasteiger charge is -2.17. The molecule has 98 valence electrons. The molecular formula is C12H12F3NOS. The number of fused-ring (bicyclic) bond motifs is 1. The van der Waals surface area contributed by atoms with Crippen LogP contribution in [0.25, 0.3) is 10.1 Å². The van der Waals surface area contributed by atoms with Crippen LogP contribution in [0.3, 0.4) is 0 Å². The van der Waals surface area contributed by atoms with Crippen LogP contribution in [0.15, 0.2) is 29.6 Å². The summed E-state index contributed by atoms with van der Waals surface area (Å²) in [5, 5.41) is 14.2. The highest BCUT2D eigenvalue weighted by molar-refractivity contribution is 7.17. The fourth-order valence-electron chi connectivity index (χ4n) is 1.78. The average Bonchev–Trinajstić information content (AvgIpc) is 2.73. The molecule has 2 rings (SSSR count). The van der Waals surface area contributed by atoms with E-state index in [4.69, 9.17) is 0 Å². The van der Waals surface area contributed by atoms with Gasteiger partial charge < -0.3 is 5.11 Å². The van der Waals surface area contributed by atoms with Crippen LogP contribution in [-0.2, 0) is 0 Å². The van der Waals surface area contributed by atoms with Crippen LogP contribution in [0, 0.1) is 0 Å². The van der Waals surface area contributed by atoms with E-state index in [9.17, 15) is 18.3 Å². The van der Waals surface area contributed by atoms with Gasteiger partial charge in [0, 0.05) is 4.70 Å². The number of aliphatic hydroxyl groups excluding tert-OH is 1. The molecular weight excluding hydrogens is 263 g/mol. The summed E-state index contributed by atoms with van der Waals surface area (Å²) in [4.78, 5) is 0. The molecule has 1 atom stereocenters. The van der Waals surface area contributed by atoms with Crippen LogP contribution in [0.1, 0.15) is 11.6 Å². The first-order chi connectivity index (χ1) is 8.51. The van der Waals surface area contributed by atoms with E-state index in [1.807, 2.05) is 24.3 Å². The summed E-state index contributed by atoms with van der Waals surface area (Å²) in [5.74, 6) is 0. The van der Waals surface area contributed by atoms with Crippen molar-refractivity contribution in [2.24, 2.45) is 0 Å². The number of nitrogens with one attached hydrogen (secondary N) is 1. The lowest BCUT2D eigenvalue weighted by molar-refractivity contribution is -0.126. The molecule has 0 amide bonds. The Labute approximate surface area is 106 Å². The second kappa shape index (κ2) is 5.26. The molecule has 0 aliphatic heterocycles. The minimum atomic E-state index is -4.28. The van der Waals surface area contributed by atoms with E-state index < -0.39 is 18.8 Å². The Kier molecular flexibility index (Phi) is 3.89. The molecule has 0 fully saturated rings. The first kappa shape index (κ1) is 13.3. The van der Waals surface area contributed by atoms with Crippen molar-refractivity contribution in [1.29, 1.82) is 0 Å². The first-order valence-electron chi connectivity index (χ1n) is 5.38. The van der Waals surface area contributed by atoms with Gasteiger partial charge in [-0.2, -0.15) is 13.2 Å². The van der Waals surface area contributed by atoms with E-state index in [2.05, 4.69) is 5.32 Å². The van der Waals surface area contributed by atoms with Crippen molar-refractivity contribution in [3.05, 3.63) is 35.2 Å². The first-order valence-corrected chi connectivity index (χ1v) is 6.26. The van der Waals surface area contributed by atoms with Gasteiger partial charge in [-0.15, -0.1) is 11.3 Å². The number of thiophene rings is 1. The van der Waals surface area contributed by atoms with Gasteiger partial charge in [0.15, 0.2) is 0 Å². The number of alkyl halides is 3. The molecule has 1 unspecified atom stereocenters. The normalized spacial score (nSPS) is 14.0. The Morgan fingerprint density at radius 2 is 2.00 bits per heavy atom. The van der Waals surface area contributed by atoms with Gasteiger partial charge in [-0.25, -0.2) is 0 Å². The van der Waals surface area contributed by atoms with Gasteiger partial charge in [0.25, 0.3) is 0 Å². The Morgan fingerprint density at radius 3 is 2.67 bits per heavy atom. The maximum Gasteiger partial charge on any atom is 0.401 e. The maximum atomic E-state index is 12.2. The van der Waals surface area contributed by atoms with Crippen molar-refractivity contribution < 1.29 is 18.3 Å². The lowest BCUT2D eigenvalue weighted by Crippen LogP contribution is -2.33. The summed E-state index contributed by atoms with van der Waals surface area (Å²) in [6.07, 6.45) is -4.28.